The molecule has 0 spiro atoms. The van der Waals surface area contributed by atoms with E-state index in [4.69, 9.17) is 0 Å². The average molecular weight is 225 g/mol. The van der Waals surface area contributed by atoms with Gasteiger partial charge in [0, 0.05) is 17.9 Å². The van der Waals surface area contributed by atoms with Crippen LogP contribution in [0, 0.1) is 13.8 Å². The van der Waals surface area contributed by atoms with Crippen LogP contribution < -0.4 is 5.32 Å². The van der Waals surface area contributed by atoms with Crippen LogP contribution >= 0.6 is 0 Å². The maximum Gasteiger partial charge on any atom is 0.142 e. The van der Waals surface area contributed by atoms with E-state index < -0.39 is 0 Å². The second-order valence-corrected chi connectivity index (χ2v) is 4.24. The second-order valence-electron chi connectivity index (χ2n) is 4.24. The van der Waals surface area contributed by atoms with Gasteiger partial charge in [0.05, 0.1) is 6.54 Å². The summed E-state index contributed by atoms with van der Waals surface area (Å²) in [5.41, 5.74) is 3.27. The Kier molecular flexibility index (Phi) is 4.80. The van der Waals surface area contributed by atoms with Crippen molar-refractivity contribution in [3.05, 3.63) is 22.8 Å². The molecule has 0 unspecified atom stereocenters. The molecule has 1 aromatic heterocycles. The monoisotopic (exact) mass is 225 g/mol. The van der Waals surface area contributed by atoms with Crippen molar-refractivity contribution in [3.63, 3.8) is 0 Å². The molecule has 1 heterocycles. The smallest absolute Gasteiger partial charge is 0.142 e. The molecular weight excluding hydrogens is 205 g/mol. The molecule has 1 rings (SSSR count). The van der Waals surface area contributed by atoms with Crippen molar-refractivity contribution in [1.82, 2.24) is 15.3 Å². The summed E-state index contributed by atoms with van der Waals surface area (Å²) >= 11 is 0. The molecule has 3 nitrogen and oxygen atoms in total. The fourth-order valence-corrected chi connectivity index (χ4v) is 1.98. The molecule has 0 aliphatic rings. The molecule has 0 aromatic carbocycles. The molecule has 0 atom stereocenters. The lowest BCUT2D eigenvalue weighted by Crippen LogP contribution is -2.19. The van der Waals surface area contributed by atoms with Crippen LogP contribution in [-0.2, 0) is 6.54 Å². The standard InChI is InChI=1S/C12H20FN3/c1-8(2)12-9(3)15-11(16-10(12)4)7-14-6-5-13/h8,14H,5-7H2,1-4H3. The van der Waals surface area contributed by atoms with Crippen molar-refractivity contribution in [1.29, 1.82) is 0 Å². The van der Waals surface area contributed by atoms with E-state index in [9.17, 15) is 4.39 Å². The lowest BCUT2D eigenvalue weighted by molar-refractivity contribution is 0.463. The van der Waals surface area contributed by atoms with E-state index in [2.05, 4.69) is 29.1 Å². The zero-order chi connectivity index (χ0) is 12.1. The Labute approximate surface area is 96.5 Å². The van der Waals surface area contributed by atoms with Gasteiger partial charge in [0.25, 0.3) is 0 Å². The van der Waals surface area contributed by atoms with Crippen molar-refractivity contribution in [2.75, 3.05) is 13.2 Å². The first kappa shape index (κ1) is 13.0. The normalized spacial score (nSPS) is 11.1. The molecule has 1 N–H and O–H groups in total. The van der Waals surface area contributed by atoms with Crippen molar-refractivity contribution in [2.24, 2.45) is 0 Å². The Hall–Kier alpha value is -1.03. The van der Waals surface area contributed by atoms with Crippen LogP contribution in [0.5, 0.6) is 0 Å². The van der Waals surface area contributed by atoms with Gasteiger partial charge < -0.3 is 5.32 Å². The number of aryl methyl sites for hydroxylation is 2. The van der Waals surface area contributed by atoms with E-state index in [1.807, 2.05) is 13.8 Å². The third-order valence-electron chi connectivity index (χ3n) is 2.50. The minimum absolute atomic E-state index is 0.355. The van der Waals surface area contributed by atoms with Crippen molar-refractivity contribution < 1.29 is 4.39 Å². The molecule has 0 amide bonds. The molecule has 0 saturated carbocycles. The molecule has 1 aromatic rings. The Morgan fingerprint density at radius 1 is 1.19 bits per heavy atom. The lowest BCUT2D eigenvalue weighted by Gasteiger charge is -2.13. The van der Waals surface area contributed by atoms with Crippen molar-refractivity contribution in [3.8, 4) is 0 Å². The minimum atomic E-state index is -0.359. The van der Waals surface area contributed by atoms with Gasteiger partial charge in [-0.25, -0.2) is 14.4 Å². The fourth-order valence-electron chi connectivity index (χ4n) is 1.98. The number of hydrogen-bond acceptors (Lipinski definition) is 3. The van der Waals surface area contributed by atoms with Gasteiger partial charge in [-0.05, 0) is 25.3 Å². The van der Waals surface area contributed by atoms with Gasteiger partial charge in [-0.15, -0.1) is 0 Å². The largest absolute Gasteiger partial charge is 0.307 e. The Balaban J connectivity index is 2.83. The predicted molar refractivity (Wildman–Crippen MR) is 63.3 cm³/mol. The zero-order valence-electron chi connectivity index (χ0n) is 10.5. The van der Waals surface area contributed by atoms with Gasteiger partial charge in [0.1, 0.15) is 12.5 Å². The number of halogens is 1. The summed E-state index contributed by atoms with van der Waals surface area (Å²) in [6.45, 7) is 8.81. The molecule has 90 valence electrons. The molecule has 0 fully saturated rings. The highest BCUT2D eigenvalue weighted by atomic mass is 19.1. The number of alkyl halides is 1. The molecule has 0 saturated heterocycles. The van der Waals surface area contributed by atoms with Gasteiger partial charge in [-0.1, -0.05) is 13.8 Å². The summed E-state index contributed by atoms with van der Waals surface area (Å²) in [5.74, 6) is 1.18. The molecular formula is C12H20FN3. The maximum atomic E-state index is 11.9. The van der Waals surface area contributed by atoms with Crippen molar-refractivity contribution in [2.45, 2.75) is 40.2 Å². The van der Waals surface area contributed by atoms with Crippen LogP contribution in [0.4, 0.5) is 4.39 Å². The van der Waals surface area contributed by atoms with Gasteiger partial charge in [-0.3, -0.25) is 0 Å². The Morgan fingerprint density at radius 2 is 1.75 bits per heavy atom. The Bertz CT molecular complexity index is 327. The second kappa shape index (κ2) is 5.89. The highest BCUT2D eigenvalue weighted by molar-refractivity contribution is 5.27. The number of nitrogens with zero attached hydrogens (tertiary/aromatic N) is 2. The van der Waals surface area contributed by atoms with Gasteiger partial charge in [0.15, 0.2) is 0 Å². The van der Waals surface area contributed by atoms with Crippen LogP contribution in [0.3, 0.4) is 0 Å². The van der Waals surface area contributed by atoms with Gasteiger partial charge >= 0.3 is 0 Å². The van der Waals surface area contributed by atoms with Crippen LogP contribution in [0.15, 0.2) is 0 Å². The fraction of sp³-hybridized carbons (Fsp3) is 0.667. The lowest BCUT2D eigenvalue weighted by atomic mass is 10.0. The first-order valence-corrected chi connectivity index (χ1v) is 5.67. The summed E-state index contributed by atoms with van der Waals surface area (Å²) in [6, 6.07) is 0. The molecule has 0 bridgehead atoms. The van der Waals surface area contributed by atoms with Crippen LogP contribution in [0.25, 0.3) is 0 Å². The zero-order valence-corrected chi connectivity index (χ0v) is 10.5. The summed E-state index contributed by atoms with van der Waals surface area (Å²) in [6.07, 6.45) is 0. The summed E-state index contributed by atoms with van der Waals surface area (Å²) < 4.78 is 11.9. The van der Waals surface area contributed by atoms with E-state index in [0.29, 0.717) is 19.0 Å². The van der Waals surface area contributed by atoms with Gasteiger partial charge in [0.2, 0.25) is 0 Å². The van der Waals surface area contributed by atoms with E-state index in [-0.39, 0.29) is 6.67 Å². The average Bonchev–Trinajstić information content (AvgIpc) is 2.16. The number of aromatic nitrogens is 2. The summed E-state index contributed by atoms with van der Waals surface area (Å²) in [5, 5.41) is 2.95. The Morgan fingerprint density at radius 3 is 2.19 bits per heavy atom. The van der Waals surface area contributed by atoms with E-state index >= 15 is 0 Å². The van der Waals surface area contributed by atoms with Crippen molar-refractivity contribution >= 4 is 0 Å². The minimum Gasteiger partial charge on any atom is -0.307 e. The predicted octanol–water partition coefficient (Wildman–Crippen LogP) is 2.28. The van der Waals surface area contributed by atoms with Crippen LogP contribution in [0.1, 0.15) is 42.5 Å². The molecule has 0 aliphatic heterocycles. The third-order valence-corrected chi connectivity index (χ3v) is 2.50. The highest BCUT2D eigenvalue weighted by Crippen LogP contribution is 2.20. The summed E-state index contributed by atoms with van der Waals surface area (Å²) in [7, 11) is 0. The molecule has 0 radical (unpaired) electrons. The van der Waals surface area contributed by atoms with E-state index in [0.717, 1.165) is 17.2 Å². The number of nitrogens with one attached hydrogen (secondary N) is 1. The van der Waals surface area contributed by atoms with E-state index in [1.165, 1.54) is 5.56 Å². The maximum absolute atomic E-state index is 11.9. The first-order chi connectivity index (χ1) is 7.56. The first-order valence-electron chi connectivity index (χ1n) is 5.67. The molecule has 0 aliphatic carbocycles. The topological polar surface area (TPSA) is 37.8 Å². The van der Waals surface area contributed by atoms with Crippen LogP contribution in [-0.4, -0.2) is 23.2 Å². The molecule has 4 heteroatoms. The number of hydrogen-bond donors (Lipinski definition) is 1. The van der Waals surface area contributed by atoms with Crippen LogP contribution in [0.2, 0.25) is 0 Å². The third kappa shape index (κ3) is 3.23. The number of rotatable bonds is 5. The summed E-state index contributed by atoms with van der Waals surface area (Å²) in [4.78, 5) is 8.86. The van der Waals surface area contributed by atoms with E-state index in [1.54, 1.807) is 0 Å². The quantitative estimate of drug-likeness (QED) is 0.781. The van der Waals surface area contributed by atoms with Gasteiger partial charge in [-0.2, -0.15) is 0 Å². The SMILES string of the molecule is Cc1nc(CNCCF)nc(C)c1C(C)C. The molecule has 16 heavy (non-hydrogen) atoms. The highest BCUT2D eigenvalue weighted by Gasteiger charge is 2.11.